The number of benzene rings is 1. The molecule has 126 valence electrons. The van der Waals surface area contributed by atoms with E-state index < -0.39 is 0 Å². The van der Waals surface area contributed by atoms with Crippen LogP contribution >= 0.6 is 23.4 Å². The van der Waals surface area contributed by atoms with Gasteiger partial charge >= 0.3 is 0 Å². The third-order valence-electron chi connectivity index (χ3n) is 3.27. The van der Waals surface area contributed by atoms with Crippen LogP contribution in [0.5, 0.6) is 0 Å². The van der Waals surface area contributed by atoms with Gasteiger partial charge in [0.05, 0.1) is 0 Å². The third kappa shape index (κ3) is 4.78. The molecule has 0 aliphatic rings. The highest BCUT2D eigenvalue weighted by Crippen LogP contribution is 2.26. The molecule has 1 aromatic carbocycles. The van der Waals surface area contributed by atoms with Gasteiger partial charge in [-0.2, -0.15) is 0 Å². The van der Waals surface area contributed by atoms with Gasteiger partial charge in [0, 0.05) is 33.7 Å². The van der Waals surface area contributed by atoms with Crippen LogP contribution in [0, 0.1) is 13.8 Å². The number of halogens is 1. The van der Waals surface area contributed by atoms with Crippen molar-refractivity contribution in [1.29, 1.82) is 0 Å². The Morgan fingerprint density at radius 2 is 1.72 bits per heavy atom. The van der Waals surface area contributed by atoms with Gasteiger partial charge in [-0.1, -0.05) is 11.6 Å². The Morgan fingerprint density at radius 3 is 2.36 bits per heavy atom. The standard InChI is InChI=1S/C18H15ClN4OS/c1-11-9-12(2)22-18(21-11)25-15-5-3-14(4-6-15)23-17(24)13-7-8-20-16(19)10-13/h3-10H,1-2H3,(H,23,24). The molecule has 0 spiro atoms. The molecule has 0 unspecified atom stereocenters. The molecular weight excluding hydrogens is 356 g/mol. The van der Waals surface area contributed by atoms with Crippen LogP contribution in [-0.4, -0.2) is 20.9 Å². The summed E-state index contributed by atoms with van der Waals surface area (Å²) >= 11 is 7.29. The van der Waals surface area contributed by atoms with Crippen LogP contribution in [0.3, 0.4) is 0 Å². The zero-order valence-corrected chi connectivity index (χ0v) is 15.2. The number of hydrogen-bond donors (Lipinski definition) is 1. The van der Waals surface area contributed by atoms with E-state index in [-0.39, 0.29) is 11.1 Å². The summed E-state index contributed by atoms with van der Waals surface area (Å²) in [6, 6.07) is 12.6. The van der Waals surface area contributed by atoms with Crippen molar-refractivity contribution in [3.8, 4) is 0 Å². The molecule has 25 heavy (non-hydrogen) atoms. The van der Waals surface area contributed by atoms with Crippen molar-refractivity contribution in [1.82, 2.24) is 15.0 Å². The Bertz CT molecular complexity index is 895. The molecule has 0 saturated carbocycles. The van der Waals surface area contributed by atoms with Crippen molar-refractivity contribution < 1.29 is 4.79 Å². The third-order valence-corrected chi connectivity index (χ3v) is 4.35. The van der Waals surface area contributed by atoms with E-state index in [0.717, 1.165) is 16.3 Å². The fourth-order valence-corrected chi connectivity index (χ4v) is 3.23. The predicted molar refractivity (Wildman–Crippen MR) is 99.3 cm³/mol. The van der Waals surface area contributed by atoms with Crippen molar-refractivity contribution in [3.63, 3.8) is 0 Å². The first-order valence-corrected chi connectivity index (χ1v) is 8.72. The van der Waals surface area contributed by atoms with Crippen LogP contribution in [-0.2, 0) is 0 Å². The van der Waals surface area contributed by atoms with Crippen LogP contribution in [0.1, 0.15) is 21.7 Å². The van der Waals surface area contributed by atoms with Gasteiger partial charge in [-0.15, -0.1) is 0 Å². The van der Waals surface area contributed by atoms with E-state index in [2.05, 4.69) is 20.3 Å². The molecule has 0 aliphatic heterocycles. The second-order valence-electron chi connectivity index (χ2n) is 5.38. The number of carbonyl (C=O) groups is 1. The van der Waals surface area contributed by atoms with Crippen LogP contribution in [0.25, 0.3) is 0 Å². The van der Waals surface area contributed by atoms with Gasteiger partial charge in [-0.3, -0.25) is 4.79 Å². The number of aromatic nitrogens is 3. The number of carbonyl (C=O) groups excluding carboxylic acids is 1. The van der Waals surface area contributed by atoms with Crippen molar-refractivity contribution in [2.24, 2.45) is 0 Å². The van der Waals surface area contributed by atoms with Crippen LogP contribution in [0.2, 0.25) is 5.15 Å². The van der Waals surface area contributed by atoms with Crippen molar-refractivity contribution in [2.75, 3.05) is 5.32 Å². The number of rotatable bonds is 4. The number of nitrogens with zero attached hydrogens (tertiary/aromatic N) is 3. The zero-order chi connectivity index (χ0) is 17.8. The van der Waals surface area contributed by atoms with E-state index in [1.165, 1.54) is 24.0 Å². The molecule has 3 rings (SSSR count). The Morgan fingerprint density at radius 1 is 1.04 bits per heavy atom. The molecule has 2 heterocycles. The molecular formula is C18H15ClN4OS. The lowest BCUT2D eigenvalue weighted by atomic mass is 10.2. The molecule has 1 N–H and O–H groups in total. The van der Waals surface area contributed by atoms with Gasteiger partial charge in [-0.25, -0.2) is 15.0 Å². The van der Waals surface area contributed by atoms with Crippen molar-refractivity contribution in [2.45, 2.75) is 23.9 Å². The SMILES string of the molecule is Cc1cc(C)nc(Sc2ccc(NC(=O)c3ccnc(Cl)c3)cc2)n1. The van der Waals surface area contributed by atoms with Crippen LogP contribution in [0.15, 0.2) is 58.7 Å². The maximum Gasteiger partial charge on any atom is 0.255 e. The maximum absolute atomic E-state index is 12.2. The number of nitrogens with one attached hydrogen (secondary N) is 1. The Kier molecular flexibility index (Phi) is 5.31. The highest BCUT2D eigenvalue weighted by molar-refractivity contribution is 7.99. The molecule has 1 amide bonds. The smallest absolute Gasteiger partial charge is 0.255 e. The van der Waals surface area contributed by atoms with Gasteiger partial charge in [0.2, 0.25) is 0 Å². The molecule has 0 radical (unpaired) electrons. The summed E-state index contributed by atoms with van der Waals surface area (Å²) in [4.78, 5) is 25.9. The fraction of sp³-hybridized carbons (Fsp3) is 0.111. The molecule has 3 aromatic rings. The summed E-state index contributed by atoms with van der Waals surface area (Å²) in [5, 5.41) is 3.82. The molecule has 0 aliphatic carbocycles. The first-order chi connectivity index (χ1) is 12.0. The summed E-state index contributed by atoms with van der Waals surface area (Å²) in [5.41, 5.74) is 3.04. The highest BCUT2D eigenvalue weighted by atomic mass is 35.5. The van der Waals surface area contributed by atoms with Crippen LogP contribution < -0.4 is 5.32 Å². The first kappa shape index (κ1) is 17.4. The van der Waals surface area contributed by atoms with E-state index >= 15 is 0 Å². The normalized spacial score (nSPS) is 10.5. The molecule has 5 nitrogen and oxygen atoms in total. The predicted octanol–water partition coefficient (Wildman–Crippen LogP) is 4.55. The summed E-state index contributed by atoms with van der Waals surface area (Å²) in [7, 11) is 0. The number of amides is 1. The zero-order valence-electron chi connectivity index (χ0n) is 13.7. The van der Waals surface area contributed by atoms with E-state index in [1.807, 2.05) is 44.2 Å². The Hall–Kier alpha value is -2.44. The molecule has 7 heteroatoms. The van der Waals surface area contributed by atoms with E-state index in [0.29, 0.717) is 16.4 Å². The average Bonchev–Trinajstić information content (AvgIpc) is 2.56. The summed E-state index contributed by atoms with van der Waals surface area (Å²) in [5.74, 6) is -0.234. The summed E-state index contributed by atoms with van der Waals surface area (Å²) in [6.45, 7) is 3.89. The minimum atomic E-state index is -0.234. The number of aryl methyl sites for hydroxylation is 2. The Balaban J connectivity index is 1.68. The lowest BCUT2D eigenvalue weighted by molar-refractivity contribution is 0.102. The van der Waals surface area contributed by atoms with Gasteiger partial charge < -0.3 is 5.32 Å². The van der Waals surface area contributed by atoms with Crippen LogP contribution in [0.4, 0.5) is 5.69 Å². The summed E-state index contributed by atoms with van der Waals surface area (Å²) < 4.78 is 0. The second kappa shape index (κ2) is 7.63. The van der Waals surface area contributed by atoms with E-state index in [9.17, 15) is 4.79 Å². The number of hydrogen-bond acceptors (Lipinski definition) is 5. The fourth-order valence-electron chi connectivity index (χ4n) is 2.20. The molecule has 0 atom stereocenters. The Labute approximate surface area is 154 Å². The second-order valence-corrected chi connectivity index (χ2v) is 6.81. The monoisotopic (exact) mass is 370 g/mol. The lowest BCUT2D eigenvalue weighted by Gasteiger charge is -2.07. The largest absolute Gasteiger partial charge is 0.322 e. The minimum Gasteiger partial charge on any atom is -0.322 e. The molecule has 0 bridgehead atoms. The van der Waals surface area contributed by atoms with Gasteiger partial charge in [-0.05, 0) is 68.1 Å². The molecule has 2 aromatic heterocycles. The molecule has 0 fully saturated rings. The molecule has 0 saturated heterocycles. The van der Waals surface area contributed by atoms with Gasteiger partial charge in [0.15, 0.2) is 5.16 Å². The number of pyridine rings is 1. The van der Waals surface area contributed by atoms with Crippen molar-refractivity contribution in [3.05, 3.63) is 70.8 Å². The minimum absolute atomic E-state index is 0.234. The first-order valence-electron chi connectivity index (χ1n) is 7.53. The maximum atomic E-state index is 12.2. The topological polar surface area (TPSA) is 67.8 Å². The van der Waals surface area contributed by atoms with Gasteiger partial charge in [0.25, 0.3) is 5.91 Å². The van der Waals surface area contributed by atoms with Gasteiger partial charge in [0.1, 0.15) is 5.15 Å². The summed E-state index contributed by atoms with van der Waals surface area (Å²) in [6.07, 6.45) is 1.50. The lowest BCUT2D eigenvalue weighted by Crippen LogP contribution is -2.11. The quantitative estimate of drug-likeness (QED) is 0.539. The van der Waals surface area contributed by atoms with Crippen molar-refractivity contribution >= 4 is 35.0 Å². The van der Waals surface area contributed by atoms with E-state index in [4.69, 9.17) is 11.6 Å². The average molecular weight is 371 g/mol. The van der Waals surface area contributed by atoms with E-state index in [1.54, 1.807) is 6.07 Å². The number of anilines is 1. The highest BCUT2D eigenvalue weighted by Gasteiger charge is 2.08.